The summed E-state index contributed by atoms with van der Waals surface area (Å²) >= 11 is 0. The molecule has 0 bridgehead atoms. The molecule has 3 heteroatoms. The second-order valence-corrected chi connectivity index (χ2v) is 4.81. The fraction of sp³-hybridized carbons (Fsp3) is 1.00. The first-order valence-corrected chi connectivity index (χ1v) is 6.19. The summed E-state index contributed by atoms with van der Waals surface area (Å²) in [6.45, 7) is 9.08. The number of nitrogens with one attached hydrogen (secondary N) is 1. The van der Waals surface area contributed by atoms with Crippen molar-refractivity contribution < 1.29 is 4.74 Å². The van der Waals surface area contributed by atoms with Crippen LogP contribution in [0.2, 0.25) is 0 Å². The van der Waals surface area contributed by atoms with Gasteiger partial charge in [0, 0.05) is 32.3 Å². The first-order valence-electron chi connectivity index (χ1n) is 6.19. The van der Waals surface area contributed by atoms with Crippen molar-refractivity contribution in [3.63, 3.8) is 0 Å². The first kappa shape index (κ1) is 12.9. The lowest BCUT2D eigenvalue weighted by Gasteiger charge is -2.18. The van der Waals surface area contributed by atoms with Crippen molar-refractivity contribution in [2.24, 2.45) is 0 Å². The largest absolute Gasteiger partial charge is 0.385 e. The summed E-state index contributed by atoms with van der Waals surface area (Å²) in [6, 6.07) is 1.33. The highest BCUT2D eigenvalue weighted by atomic mass is 16.5. The monoisotopic (exact) mass is 214 g/mol. The van der Waals surface area contributed by atoms with Gasteiger partial charge in [0.05, 0.1) is 0 Å². The van der Waals surface area contributed by atoms with Gasteiger partial charge in [-0.2, -0.15) is 0 Å². The molecule has 0 amide bonds. The van der Waals surface area contributed by atoms with Gasteiger partial charge in [0.15, 0.2) is 0 Å². The highest BCUT2D eigenvalue weighted by Gasteiger charge is 2.21. The van der Waals surface area contributed by atoms with Crippen molar-refractivity contribution >= 4 is 0 Å². The van der Waals surface area contributed by atoms with Crippen LogP contribution in [0.1, 0.15) is 33.1 Å². The maximum atomic E-state index is 5.05. The molecule has 1 saturated heterocycles. The molecule has 1 N–H and O–H groups in total. The third-order valence-electron chi connectivity index (χ3n) is 2.91. The van der Waals surface area contributed by atoms with E-state index in [0.717, 1.165) is 6.61 Å². The van der Waals surface area contributed by atoms with E-state index in [1.165, 1.54) is 38.9 Å². The molecule has 0 spiro atoms. The zero-order chi connectivity index (χ0) is 11.1. The van der Waals surface area contributed by atoms with E-state index in [4.69, 9.17) is 4.74 Å². The molecule has 1 fully saturated rings. The van der Waals surface area contributed by atoms with E-state index < -0.39 is 0 Å². The molecule has 1 unspecified atom stereocenters. The van der Waals surface area contributed by atoms with Gasteiger partial charge >= 0.3 is 0 Å². The first-order chi connectivity index (χ1) is 7.22. The van der Waals surface area contributed by atoms with Gasteiger partial charge in [-0.25, -0.2) is 0 Å². The van der Waals surface area contributed by atoms with Crippen LogP contribution in [0.25, 0.3) is 0 Å². The van der Waals surface area contributed by atoms with Crippen molar-refractivity contribution in [3.8, 4) is 0 Å². The lowest BCUT2D eigenvalue weighted by atomic mass is 10.2. The predicted molar refractivity (Wildman–Crippen MR) is 64.2 cm³/mol. The Bertz CT molecular complexity index is 162. The Hall–Kier alpha value is -0.120. The SMILES string of the molecule is COCCCCN1CCC(NC(C)C)C1. The number of hydrogen-bond donors (Lipinski definition) is 1. The van der Waals surface area contributed by atoms with Crippen LogP contribution in [0.15, 0.2) is 0 Å². The summed E-state index contributed by atoms with van der Waals surface area (Å²) in [4.78, 5) is 2.57. The van der Waals surface area contributed by atoms with Crippen molar-refractivity contribution in [1.82, 2.24) is 10.2 Å². The Morgan fingerprint density at radius 1 is 1.40 bits per heavy atom. The van der Waals surface area contributed by atoms with Crippen LogP contribution in [-0.2, 0) is 4.74 Å². The van der Waals surface area contributed by atoms with Crippen LogP contribution in [0.3, 0.4) is 0 Å². The minimum absolute atomic E-state index is 0.614. The van der Waals surface area contributed by atoms with E-state index in [-0.39, 0.29) is 0 Å². The van der Waals surface area contributed by atoms with Crippen LogP contribution >= 0.6 is 0 Å². The summed E-state index contributed by atoms with van der Waals surface area (Å²) < 4.78 is 5.05. The van der Waals surface area contributed by atoms with Gasteiger partial charge in [0.25, 0.3) is 0 Å². The Kier molecular flexibility index (Phi) is 6.22. The van der Waals surface area contributed by atoms with Gasteiger partial charge in [-0.15, -0.1) is 0 Å². The van der Waals surface area contributed by atoms with E-state index in [1.807, 2.05) is 0 Å². The number of rotatable bonds is 7. The maximum absolute atomic E-state index is 5.05. The van der Waals surface area contributed by atoms with Crippen LogP contribution < -0.4 is 5.32 Å². The topological polar surface area (TPSA) is 24.5 Å². The van der Waals surface area contributed by atoms with Crippen LogP contribution in [0.5, 0.6) is 0 Å². The van der Waals surface area contributed by atoms with E-state index >= 15 is 0 Å². The molecule has 1 aliphatic heterocycles. The van der Waals surface area contributed by atoms with Crippen LogP contribution in [0, 0.1) is 0 Å². The molecular weight excluding hydrogens is 188 g/mol. The zero-order valence-corrected chi connectivity index (χ0v) is 10.5. The van der Waals surface area contributed by atoms with E-state index in [9.17, 15) is 0 Å². The highest BCUT2D eigenvalue weighted by molar-refractivity contribution is 4.81. The van der Waals surface area contributed by atoms with E-state index in [0.29, 0.717) is 12.1 Å². The lowest BCUT2D eigenvalue weighted by Crippen LogP contribution is -2.37. The molecule has 0 aromatic heterocycles. The molecule has 0 aliphatic carbocycles. The lowest BCUT2D eigenvalue weighted by molar-refractivity contribution is 0.187. The van der Waals surface area contributed by atoms with Crippen molar-refractivity contribution in [2.45, 2.75) is 45.2 Å². The summed E-state index contributed by atoms with van der Waals surface area (Å²) in [6.07, 6.45) is 3.76. The summed E-state index contributed by atoms with van der Waals surface area (Å²) in [7, 11) is 1.78. The number of nitrogens with zero attached hydrogens (tertiary/aromatic N) is 1. The highest BCUT2D eigenvalue weighted by Crippen LogP contribution is 2.10. The third-order valence-corrected chi connectivity index (χ3v) is 2.91. The predicted octanol–water partition coefficient (Wildman–Crippen LogP) is 1.49. The van der Waals surface area contributed by atoms with Crippen LogP contribution in [-0.4, -0.2) is 50.3 Å². The van der Waals surface area contributed by atoms with Gasteiger partial charge < -0.3 is 15.0 Å². The van der Waals surface area contributed by atoms with Gasteiger partial charge in [-0.3, -0.25) is 0 Å². The van der Waals surface area contributed by atoms with Gasteiger partial charge in [-0.1, -0.05) is 13.8 Å². The fourth-order valence-electron chi connectivity index (χ4n) is 2.23. The third kappa shape index (κ3) is 5.50. The molecule has 3 nitrogen and oxygen atoms in total. The number of hydrogen-bond acceptors (Lipinski definition) is 3. The molecule has 1 rings (SSSR count). The van der Waals surface area contributed by atoms with Gasteiger partial charge in [-0.05, 0) is 32.4 Å². The summed E-state index contributed by atoms with van der Waals surface area (Å²) in [5.41, 5.74) is 0. The Morgan fingerprint density at radius 3 is 2.87 bits per heavy atom. The number of methoxy groups -OCH3 is 1. The Morgan fingerprint density at radius 2 is 2.20 bits per heavy atom. The molecule has 1 aliphatic rings. The molecule has 15 heavy (non-hydrogen) atoms. The normalized spacial score (nSPS) is 22.8. The molecule has 1 heterocycles. The Balaban J connectivity index is 2.03. The second-order valence-electron chi connectivity index (χ2n) is 4.81. The van der Waals surface area contributed by atoms with Crippen LogP contribution in [0.4, 0.5) is 0 Å². The van der Waals surface area contributed by atoms with Crippen molar-refractivity contribution in [2.75, 3.05) is 33.4 Å². The molecule has 90 valence electrons. The number of ether oxygens (including phenoxy) is 1. The minimum Gasteiger partial charge on any atom is -0.385 e. The summed E-state index contributed by atoms with van der Waals surface area (Å²) in [5.74, 6) is 0. The average molecular weight is 214 g/mol. The van der Waals surface area contributed by atoms with Crippen molar-refractivity contribution in [1.29, 1.82) is 0 Å². The Labute approximate surface area is 94.2 Å². The molecular formula is C12H26N2O. The number of unbranched alkanes of at least 4 members (excludes halogenated alkanes) is 1. The van der Waals surface area contributed by atoms with E-state index in [2.05, 4.69) is 24.1 Å². The fourth-order valence-corrected chi connectivity index (χ4v) is 2.23. The standard InChI is InChI=1S/C12H26N2O/c1-11(2)13-12-6-8-14(10-12)7-4-5-9-15-3/h11-13H,4-10H2,1-3H3. The smallest absolute Gasteiger partial charge is 0.0462 e. The average Bonchev–Trinajstić information content (AvgIpc) is 2.59. The summed E-state index contributed by atoms with van der Waals surface area (Å²) in [5, 5.41) is 3.61. The van der Waals surface area contributed by atoms with E-state index in [1.54, 1.807) is 7.11 Å². The quantitative estimate of drug-likeness (QED) is 0.650. The molecule has 1 atom stereocenters. The second kappa shape index (κ2) is 7.20. The zero-order valence-electron chi connectivity index (χ0n) is 10.5. The minimum atomic E-state index is 0.614. The molecule has 0 aromatic rings. The number of likely N-dealkylation sites (tertiary alicyclic amines) is 1. The molecule has 0 saturated carbocycles. The van der Waals surface area contributed by atoms with Gasteiger partial charge in [0.2, 0.25) is 0 Å². The van der Waals surface area contributed by atoms with Gasteiger partial charge in [0.1, 0.15) is 0 Å². The molecule has 0 aromatic carbocycles. The molecule has 0 radical (unpaired) electrons. The maximum Gasteiger partial charge on any atom is 0.0462 e. The van der Waals surface area contributed by atoms with Crippen molar-refractivity contribution in [3.05, 3.63) is 0 Å².